The van der Waals surface area contributed by atoms with Gasteiger partial charge in [-0.05, 0) is 35.9 Å². The third-order valence-electron chi connectivity index (χ3n) is 2.99. The molecule has 1 unspecified atom stereocenters. The lowest BCUT2D eigenvalue weighted by molar-refractivity contribution is 0.213. The second kappa shape index (κ2) is 6.11. The molecule has 0 spiro atoms. The molecule has 0 aliphatic carbocycles. The zero-order valence-electron chi connectivity index (χ0n) is 11.1. The lowest BCUT2D eigenvalue weighted by Crippen LogP contribution is -2.03. The van der Waals surface area contributed by atoms with Crippen LogP contribution in [0.3, 0.4) is 0 Å². The van der Waals surface area contributed by atoms with E-state index in [9.17, 15) is 9.50 Å². The van der Waals surface area contributed by atoms with Crippen molar-refractivity contribution in [3.8, 4) is 11.5 Å². The van der Waals surface area contributed by atoms with Crippen LogP contribution in [0, 0.1) is 5.82 Å². The number of halogens is 2. The highest BCUT2D eigenvalue weighted by Gasteiger charge is 2.17. The van der Waals surface area contributed by atoms with Gasteiger partial charge in [-0.2, -0.15) is 0 Å². The van der Waals surface area contributed by atoms with E-state index >= 15 is 0 Å². The molecule has 3 nitrogen and oxygen atoms in total. The molecule has 0 amide bonds. The van der Waals surface area contributed by atoms with Crippen LogP contribution < -0.4 is 9.47 Å². The Balaban J connectivity index is 2.45. The molecule has 0 aliphatic heterocycles. The summed E-state index contributed by atoms with van der Waals surface area (Å²) in [6.45, 7) is 0. The van der Waals surface area contributed by atoms with Crippen LogP contribution in [-0.4, -0.2) is 19.3 Å². The Hall–Kier alpha value is -1.78. The number of methoxy groups -OCH3 is 2. The summed E-state index contributed by atoms with van der Waals surface area (Å²) in [5.74, 6) is 0.494. The first-order chi connectivity index (χ1) is 9.56. The number of benzene rings is 2. The van der Waals surface area contributed by atoms with Crippen molar-refractivity contribution in [2.24, 2.45) is 0 Å². The van der Waals surface area contributed by atoms with Crippen molar-refractivity contribution in [3.63, 3.8) is 0 Å². The molecule has 5 heteroatoms. The number of hydrogen-bond acceptors (Lipinski definition) is 3. The number of hydrogen-bond donors (Lipinski definition) is 1. The van der Waals surface area contributed by atoms with Gasteiger partial charge in [0.2, 0.25) is 0 Å². The Morgan fingerprint density at radius 1 is 1.10 bits per heavy atom. The maximum Gasteiger partial charge on any atom is 0.142 e. The number of aliphatic hydroxyl groups is 1. The summed E-state index contributed by atoms with van der Waals surface area (Å²) in [5, 5.41) is 10.4. The van der Waals surface area contributed by atoms with Gasteiger partial charge < -0.3 is 14.6 Å². The fraction of sp³-hybridized carbons (Fsp3) is 0.200. The fourth-order valence-corrected chi connectivity index (χ4v) is 2.03. The summed E-state index contributed by atoms with van der Waals surface area (Å²) in [5.41, 5.74) is 0.882. The minimum Gasteiger partial charge on any atom is -0.497 e. The van der Waals surface area contributed by atoms with Crippen molar-refractivity contribution in [2.45, 2.75) is 6.10 Å². The van der Waals surface area contributed by atoms with E-state index in [2.05, 4.69) is 0 Å². The Kier molecular flexibility index (Phi) is 4.47. The van der Waals surface area contributed by atoms with Crippen molar-refractivity contribution >= 4 is 11.6 Å². The molecule has 0 aromatic heterocycles. The molecule has 0 heterocycles. The van der Waals surface area contributed by atoms with Gasteiger partial charge in [0.25, 0.3) is 0 Å². The second-order valence-electron chi connectivity index (χ2n) is 4.18. The predicted octanol–water partition coefficient (Wildman–Crippen LogP) is 3.58. The molecular weight excluding hydrogens is 283 g/mol. The zero-order chi connectivity index (χ0) is 14.7. The monoisotopic (exact) mass is 296 g/mol. The molecule has 2 aromatic rings. The van der Waals surface area contributed by atoms with E-state index in [0.29, 0.717) is 22.6 Å². The predicted molar refractivity (Wildman–Crippen MR) is 75.0 cm³/mol. The molecule has 0 radical (unpaired) electrons. The molecule has 2 aromatic carbocycles. The lowest BCUT2D eigenvalue weighted by atomic mass is 10.0. The van der Waals surface area contributed by atoms with E-state index < -0.39 is 11.9 Å². The average molecular weight is 297 g/mol. The van der Waals surface area contributed by atoms with Crippen molar-refractivity contribution in [1.82, 2.24) is 0 Å². The van der Waals surface area contributed by atoms with Crippen LogP contribution >= 0.6 is 11.6 Å². The highest BCUT2D eigenvalue weighted by Crippen LogP contribution is 2.33. The standard InChI is InChI=1S/C15H14ClFO3/c1-19-10-4-6-14(20-2)11(8-10)15(18)9-3-5-12(16)13(17)7-9/h3-8,15,18H,1-2H3. The van der Waals surface area contributed by atoms with Crippen molar-refractivity contribution in [3.05, 3.63) is 58.4 Å². The van der Waals surface area contributed by atoms with Crippen molar-refractivity contribution in [2.75, 3.05) is 14.2 Å². The van der Waals surface area contributed by atoms with Gasteiger partial charge in [0.1, 0.15) is 23.4 Å². The fourth-order valence-electron chi connectivity index (χ4n) is 1.92. The Labute approximate surface area is 121 Å². The Bertz CT molecular complexity index is 616. The van der Waals surface area contributed by atoms with E-state index in [-0.39, 0.29) is 5.02 Å². The van der Waals surface area contributed by atoms with E-state index in [1.807, 2.05) is 0 Å². The van der Waals surface area contributed by atoms with E-state index in [1.165, 1.54) is 26.4 Å². The summed E-state index contributed by atoms with van der Waals surface area (Å²) in [6, 6.07) is 9.22. The highest BCUT2D eigenvalue weighted by atomic mass is 35.5. The molecular formula is C15H14ClFO3. The maximum absolute atomic E-state index is 13.5. The summed E-state index contributed by atoms with van der Waals surface area (Å²) in [4.78, 5) is 0. The van der Waals surface area contributed by atoms with E-state index in [4.69, 9.17) is 21.1 Å². The first-order valence-electron chi connectivity index (χ1n) is 5.91. The van der Waals surface area contributed by atoms with Gasteiger partial charge in [0, 0.05) is 5.56 Å². The van der Waals surface area contributed by atoms with Crippen LogP contribution in [0.5, 0.6) is 11.5 Å². The van der Waals surface area contributed by atoms with Gasteiger partial charge >= 0.3 is 0 Å². The van der Waals surface area contributed by atoms with Crippen LogP contribution in [0.4, 0.5) is 4.39 Å². The molecule has 20 heavy (non-hydrogen) atoms. The normalized spacial score (nSPS) is 12.1. The molecule has 0 aliphatic rings. The third kappa shape index (κ3) is 2.86. The first-order valence-corrected chi connectivity index (χ1v) is 6.29. The summed E-state index contributed by atoms with van der Waals surface area (Å²) in [7, 11) is 3.03. The Morgan fingerprint density at radius 3 is 2.45 bits per heavy atom. The third-order valence-corrected chi connectivity index (χ3v) is 3.30. The zero-order valence-corrected chi connectivity index (χ0v) is 11.8. The minimum absolute atomic E-state index is 0.0126. The SMILES string of the molecule is COc1ccc(OC)c(C(O)c2ccc(Cl)c(F)c2)c1. The molecule has 0 saturated heterocycles. The second-order valence-corrected chi connectivity index (χ2v) is 4.59. The maximum atomic E-state index is 13.5. The van der Waals surface area contributed by atoms with Crippen LogP contribution in [0.15, 0.2) is 36.4 Å². The molecule has 1 atom stereocenters. The highest BCUT2D eigenvalue weighted by molar-refractivity contribution is 6.30. The van der Waals surface area contributed by atoms with Crippen molar-refractivity contribution < 1.29 is 19.0 Å². The molecule has 0 bridgehead atoms. The number of ether oxygens (including phenoxy) is 2. The first kappa shape index (κ1) is 14.6. The number of aliphatic hydroxyl groups excluding tert-OH is 1. The van der Waals surface area contributed by atoms with E-state index in [0.717, 1.165) is 0 Å². The summed E-state index contributed by atoms with van der Waals surface area (Å²) in [6.07, 6.45) is -1.04. The molecule has 2 rings (SSSR count). The molecule has 106 valence electrons. The number of rotatable bonds is 4. The van der Waals surface area contributed by atoms with E-state index in [1.54, 1.807) is 24.3 Å². The van der Waals surface area contributed by atoms with Gasteiger partial charge in [-0.15, -0.1) is 0 Å². The van der Waals surface area contributed by atoms with Gasteiger partial charge in [-0.1, -0.05) is 17.7 Å². The van der Waals surface area contributed by atoms with Gasteiger partial charge in [-0.25, -0.2) is 4.39 Å². The smallest absolute Gasteiger partial charge is 0.142 e. The van der Waals surface area contributed by atoms with Crippen LogP contribution in [-0.2, 0) is 0 Å². The average Bonchev–Trinajstić information content (AvgIpc) is 2.48. The van der Waals surface area contributed by atoms with Crippen molar-refractivity contribution in [1.29, 1.82) is 0 Å². The lowest BCUT2D eigenvalue weighted by Gasteiger charge is -2.16. The minimum atomic E-state index is -1.04. The van der Waals surface area contributed by atoms with Crippen LogP contribution in [0.25, 0.3) is 0 Å². The molecule has 1 N–H and O–H groups in total. The van der Waals surface area contributed by atoms with Gasteiger partial charge in [0.05, 0.1) is 19.2 Å². The van der Waals surface area contributed by atoms with Gasteiger partial charge in [-0.3, -0.25) is 0 Å². The summed E-state index contributed by atoms with van der Waals surface area (Å²) >= 11 is 5.64. The van der Waals surface area contributed by atoms with Crippen LogP contribution in [0.2, 0.25) is 5.02 Å². The largest absolute Gasteiger partial charge is 0.497 e. The van der Waals surface area contributed by atoms with Gasteiger partial charge in [0.15, 0.2) is 0 Å². The van der Waals surface area contributed by atoms with Crippen LogP contribution in [0.1, 0.15) is 17.2 Å². The molecule has 0 saturated carbocycles. The Morgan fingerprint density at radius 2 is 1.85 bits per heavy atom. The molecule has 0 fully saturated rings. The topological polar surface area (TPSA) is 38.7 Å². The quantitative estimate of drug-likeness (QED) is 0.937. The summed E-state index contributed by atoms with van der Waals surface area (Å²) < 4.78 is 23.8.